The highest BCUT2D eigenvalue weighted by atomic mass is 16.5. The quantitative estimate of drug-likeness (QED) is 0.799. The molecule has 0 aliphatic rings. The van der Waals surface area contributed by atoms with Crippen molar-refractivity contribution in [2.24, 2.45) is 5.73 Å². The van der Waals surface area contributed by atoms with Crippen molar-refractivity contribution in [2.75, 3.05) is 6.61 Å². The molecular formula is C18H31NO. The van der Waals surface area contributed by atoms with Gasteiger partial charge in [-0.2, -0.15) is 0 Å². The van der Waals surface area contributed by atoms with E-state index in [2.05, 4.69) is 52.8 Å². The van der Waals surface area contributed by atoms with Crippen molar-refractivity contribution in [1.29, 1.82) is 0 Å². The normalized spacial score (nSPS) is 13.3. The molecule has 0 heterocycles. The second-order valence-electron chi connectivity index (χ2n) is 6.79. The highest BCUT2D eigenvalue weighted by Crippen LogP contribution is 2.29. The number of nitrogens with two attached hydrogens (primary N) is 1. The van der Waals surface area contributed by atoms with Gasteiger partial charge in [-0.15, -0.1) is 0 Å². The number of ether oxygens (including phenoxy) is 1. The first-order chi connectivity index (χ1) is 9.34. The summed E-state index contributed by atoms with van der Waals surface area (Å²) in [5.74, 6) is 1.05. The number of benzene rings is 1. The fraction of sp³-hybridized carbons (Fsp3) is 0.667. The van der Waals surface area contributed by atoms with Crippen LogP contribution in [0.15, 0.2) is 18.2 Å². The van der Waals surface area contributed by atoms with E-state index in [0.29, 0.717) is 0 Å². The third kappa shape index (κ3) is 5.54. The summed E-state index contributed by atoms with van der Waals surface area (Å²) in [7, 11) is 0. The van der Waals surface area contributed by atoms with Gasteiger partial charge in [-0.3, -0.25) is 0 Å². The van der Waals surface area contributed by atoms with Gasteiger partial charge in [0.15, 0.2) is 0 Å². The van der Waals surface area contributed by atoms with Crippen LogP contribution in [-0.2, 0) is 11.8 Å². The van der Waals surface area contributed by atoms with Gasteiger partial charge in [-0.1, -0.05) is 39.8 Å². The lowest BCUT2D eigenvalue weighted by Crippen LogP contribution is -2.15. The van der Waals surface area contributed by atoms with Crippen LogP contribution < -0.4 is 10.5 Å². The Morgan fingerprint density at radius 1 is 1.25 bits per heavy atom. The van der Waals surface area contributed by atoms with Crippen molar-refractivity contribution in [3.63, 3.8) is 0 Å². The first kappa shape index (κ1) is 17.0. The van der Waals surface area contributed by atoms with Crippen LogP contribution in [0.3, 0.4) is 0 Å². The van der Waals surface area contributed by atoms with E-state index in [1.807, 2.05) is 0 Å². The molecule has 1 atom stereocenters. The molecule has 0 saturated carbocycles. The molecule has 1 aromatic rings. The zero-order valence-electron chi connectivity index (χ0n) is 13.8. The lowest BCUT2D eigenvalue weighted by atomic mass is 9.85. The minimum atomic E-state index is 0.180. The van der Waals surface area contributed by atoms with Crippen molar-refractivity contribution in [3.8, 4) is 5.75 Å². The Labute approximate surface area is 124 Å². The SMILES string of the molecule is CCCOc1ccc(C(C)(C)C)cc1CCCC(C)N. The molecule has 20 heavy (non-hydrogen) atoms. The zero-order valence-corrected chi connectivity index (χ0v) is 13.8. The Kier molecular flexibility index (Phi) is 6.54. The monoisotopic (exact) mass is 277 g/mol. The molecule has 0 bridgehead atoms. The Bertz CT molecular complexity index is 404. The Morgan fingerprint density at radius 2 is 1.95 bits per heavy atom. The maximum Gasteiger partial charge on any atom is 0.122 e. The average Bonchev–Trinajstić information content (AvgIpc) is 2.35. The fourth-order valence-corrected chi connectivity index (χ4v) is 2.21. The van der Waals surface area contributed by atoms with E-state index in [4.69, 9.17) is 10.5 Å². The van der Waals surface area contributed by atoms with E-state index in [9.17, 15) is 0 Å². The molecule has 1 unspecified atom stereocenters. The minimum absolute atomic E-state index is 0.180. The van der Waals surface area contributed by atoms with Crippen molar-refractivity contribution in [2.45, 2.75) is 71.8 Å². The van der Waals surface area contributed by atoms with Crippen LogP contribution >= 0.6 is 0 Å². The van der Waals surface area contributed by atoms with E-state index >= 15 is 0 Å². The van der Waals surface area contributed by atoms with Gasteiger partial charge < -0.3 is 10.5 Å². The molecule has 0 fully saturated rings. The molecule has 0 saturated heterocycles. The smallest absolute Gasteiger partial charge is 0.122 e. The molecule has 2 nitrogen and oxygen atoms in total. The van der Waals surface area contributed by atoms with Crippen LogP contribution in [0.25, 0.3) is 0 Å². The molecule has 2 heteroatoms. The lowest BCUT2D eigenvalue weighted by Gasteiger charge is -2.21. The molecule has 0 radical (unpaired) electrons. The zero-order chi connectivity index (χ0) is 15.2. The van der Waals surface area contributed by atoms with Gasteiger partial charge in [-0.25, -0.2) is 0 Å². The molecule has 0 aromatic heterocycles. The molecule has 1 aromatic carbocycles. The van der Waals surface area contributed by atoms with Gasteiger partial charge in [0.25, 0.3) is 0 Å². The molecule has 0 amide bonds. The Hall–Kier alpha value is -1.02. The Balaban J connectivity index is 2.88. The Morgan fingerprint density at radius 3 is 2.50 bits per heavy atom. The number of hydrogen-bond donors (Lipinski definition) is 1. The highest BCUT2D eigenvalue weighted by molar-refractivity contribution is 5.39. The van der Waals surface area contributed by atoms with Gasteiger partial charge in [0.2, 0.25) is 0 Å². The van der Waals surface area contributed by atoms with Crippen molar-refractivity contribution >= 4 is 0 Å². The molecule has 114 valence electrons. The van der Waals surface area contributed by atoms with Crippen LogP contribution in [0.4, 0.5) is 0 Å². The summed E-state index contributed by atoms with van der Waals surface area (Å²) in [6.45, 7) is 11.7. The highest BCUT2D eigenvalue weighted by Gasteiger charge is 2.16. The second-order valence-corrected chi connectivity index (χ2v) is 6.79. The lowest BCUT2D eigenvalue weighted by molar-refractivity contribution is 0.313. The van der Waals surface area contributed by atoms with Crippen molar-refractivity contribution in [3.05, 3.63) is 29.3 Å². The molecule has 2 N–H and O–H groups in total. The summed E-state index contributed by atoms with van der Waals surface area (Å²) in [6, 6.07) is 6.92. The number of hydrogen-bond acceptors (Lipinski definition) is 2. The summed E-state index contributed by atoms with van der Waals surface area (Å²) in [5, 5.41) is 0. The van der Waals surface area contributed by atoms with Crippen LogP contribution in [0.5, 0.6) is 5.75 Å². The first-order valence-corrected chi connectivity index (χ1v) is 7.86. The molecule has 0 aliphatic carbocycles. The summed E-state index contributed by atoms with van der Waals surface area (Å²) in [6.07, 6.45) is 4.27. The first-order valence-electron chi connectivity index (χ1n) is 7.86. The van der Waals surface area contributed by atoms with Gasteiger partial charge in [0.1, 0.15) is 5.75 Å². The van der Waals surface area contributed by atoms with Gasteiger partial charge in [-0.05, 0) is 55.2 Å². The van der Waals surface area contributed by atoms with Gasteiger partial charge in [0, 0.05) is 6.04 Å². The maximum atomic E-state index is 5.88. The van der Waals surface area contributed by atoms with Gasteiger partial charge >= 0.3 is 0 Å². The molecule has 0 spiro atoms. The van der Waals surface area contributed by atoms with E-state index in [1.54, 1.807) is 0 Å². The number of rotatable bonds is 7. The topological polar surface area (TPSA) is 35.2 Å². The summed E-state index contributed by atoms with van der Waals surface area (Å²) >= 11 is 0. The summed E-state index contributed by atoms with van der Waals surface area (Å²) in [5.41, 5.74) is 8.72. The minimum Gasteiger partial charge on any atom is -0.493 e. The third-order valence-corrected chi connectivity index (χ3v) is 3.49. The average molecular weight is 277 g/mol. The largest absolute Gasteiger partial charge is 0.493 e. The second kappa shape index (κ2) is 7.68. The van der Waals surface area contributed by atoms with Crippen LogP contribution in [0, 0.1) is 0 Å². The standard InChI is InChI=1S/C18H31NO/c1-6-12-20-17-11-10-16(18(3,4)5)13-15(17)9-7-8-14(2)19/h10-11,13-14H,6-9,12,19H2,1-5H3. The molecule has 1 rings (SSSR count). The molecular weight excluding hydrogens is 246 g/mol. The van der Waals surface area contributed by atoms with Crippen LogP contribution in [0.1, 0.15) is 65.0 Å². The third-order valence-electron chi connectivity index (χ3n) is 3.49. The fourth-order valence-electron chi connectivity index (χ4n) is 2.21. The summed E-state index contributed by atoms with van der Waals surface area (Å²) in [4.78, 5) is 0. The van der Waals surface area contributed by atoms with Crippen LogP contribution in [-0.4, -0.2) is 12.6 Å². The van der Waals surface area contributed by atoms with Crippen LogP contribution in [0.2, 0.25) is 0 Å². The maximum absolute atomic E-state index is 5.88. The van der Waals surface area contributed by atoms with E-state index in [-0.39, 0.29) is 11.5 Å². The van der Waals surface area contributed by atoms with Gasteiger partial charge in [0.05, 0.1) is 6.61 Å². The van der Waals surface area contributed by atoms with Crippen molar-refractivity contribution < 1.29 is 4.74 Å². The number of aryl methyl sites for hydroxylation is 1. The van der Waals surface area contributed by atoms with Crippen molar-refractivity contribution in [1.82, 2.24) is 0 Å². The molecule has 0 aliphatic heterocycles. The predicted molar refractivity (Wildman–Crippen MR) is 87.5 cm³/mol. The van der Waals surface area contributed by atoms with E-state index in [1.165, 1.54) is 11.1 Å². The predicted octanol–water partition coefficient (Wildman–Crippen LogP) is 4.44. The van der Waals surface area contributed by atoms with E-state index < -0.39 is 0 Å². The summed E-state index contributed by atoms with van der Waals surface area (Å²) < 4.78 is 5.88. The van der Waals surface area contributed by atoms with E-state index in [0.717, 1.165) is 38.0 Å².